The summed E-state index contributed by atoms with van der Waals surface area (Å²) in [6, 6.07) is 32.8. The molecule has 0 saturated carbocycles. The Morgan fingerprint density at radius 2 is 1.48 bits per heavy atom. The molecule has 5 rings (SSSR count). The first-order valence-corrected chi connectivity index (χ1v) is 13.6. The lowest BCUT2D eigenvalue weighted by Gasteiger charge is -2.20. The zero-order valence-electron chi connectivity index (χ0n) is 23.2. The number of aromatic nitrogens is 1. The lowest BCUT2D eigenvalue weighted by molar-refractivity contribution is 0.157. The van der Waals surface area contributed by atoms with Crippen molar-refractivity contribution in [2.45, 2.75) is 20.4 Å². The maximum Gasteiger partial charge on any atom is 0.415 e. The molecule has 0 radical (unpaired) electrons. The van der Waals surface area contributed by atoms with Gasteiger partial charge in [0.15, 0.2) is 0 Å². The van der Waals surface area contributed by atoms with Crippen LogP contribution < -0.4 is 9.47 Å². The molecule has 0 aliphatic rings. The standard InChI is InChI=1S/C35H34N2O3/c1-4-36(5-2)35(38)40-33-22-21-32-31(34(33)29-17-19-30(39-3)20-18-29)23-24-37(32)25-28-15-13-27(14-16-28)12-11-26-9-7-6-8-10-26/h6-24H,4-5,25H2,1-3H3/b12-11+. The van der Waals surface area contributed by atoms with Crippen molar-refractivity contribution in [2.75, 3.05) is 20.2 Å². The number of ether oxygens (including phenoxy) is 2. The lowest BCUT2D eigenvalue weighted by Crippen LogP contribution is -2.33. The maximum atomic E-state index is 12.9. The molecular weight excluding hydrogens is 496 g/mol. The molecule has 1 amide bonds. The monoisotopic (exact) mass is 530 g/mol. The molecule has 0 bridgehead atoms. The van der Waals surface area contributed by atoms with Crippen LogP contribution in [0.5, 0.6) is 11.5 Å². The van der Waals surface area contributed by atoms with Crippen molar-refractivity contribution in [1.82, 2.24) is 9.47 Å². The van der Waals surface area contributed by atoms with Crippen LogP contribution in [0.3, 0.4) is 0 Å². The predicted molar refractivity (Wildman–Crippen MR) is 164 cm³/mol. The Morgan fingerprint density at radius 3 is 2.12 bits per heavy atom. The SMILES string of the molecule is CCN(CC)C(=O)Oc1ccc2c(ccn2Cc2ccc(/C=C/c3ccccc3)cc2)c1-c1ccc(OC)cc1. The van der Waals surface area contributed by atoms with Gasteiger partial charge in [-0.2, -0.15) is 0 Å². The number of fused-ring (bicyclic) bond motifs is 1. The first kappa shape index (κ1) is 26.8. The van der Waals surface area contributed by atoms with Gasteiger partial charge in [-0.3, -0.25) is 0 Å². The second-order valence-corrected chi connectivity index (χ2v) is 9.57. The summed E-state index contributed by atoms with van der Waals surface area (Å²) in [6.07, 6.45) is 6.00. The highest BCUT2D eigenvalue weighted by atomic mass is 16.6. The van der Waals surface area contributed by atoms with Crippen molar-refractivity contribution in [3.05, 3.63) is 120 Å². The summed E-state index contributed by atoms with van der Waals surface area (Å²) < 4.78 is 13.5. The quantitative estimate of drug-likeness (QED) is 0.180. The van der Waals surface area contributed by atoms with Crippen LogP contribution in [0.15, 0.2) is 103 Å². The fraction of sp³-hybridized carbons (Fsp3) is 0.171. The van der Waals surface area contributed by atoms with Crippen molar-refractivity contribution in [1.29, 1.82) is 0 Å². The molecule has 1 aromatic heterocycles. The van der Waals surface area contributed by atoms with Crippen LogP contribution in [0.1, 0.15) is 30.5 Å². The highest BCUT2D eigenvalue weighted by Gasteiger charge is 2.19. The Hall–Kier alpha value is -4.77. The number of amides is 1. The Labute approximate surface area is 235 Å². The second kappa shape index (κ2) is 12.4. The summed E-state index contributed by atoms with van der Waals surface area (Å²) in [5.41, 5.74) is 6.47. The zero-order chi connectivity index (χ0) is 27.9. The smallest absolute Gasteiger partial charge is 0.415 e. The van der Waals surface area contributed by atoms with E-state index in [4.69, 9.17) is 9.47 Å². The number of hydrogen-bond acceptors (Lipinski definition) is 3. The Kier molecular flexibility index (Phi) is 8.31. The number of nitrogens with zero attached hydrogens (tertiary/aromatic N) is 2. The number of hydrogen-bond donors (Lipinski definition) is 0. The molecule has 0 spiro atoms. The van der Waals surface area contributed by atoms with Crippen LogP contribution >= 0.6 is 0 Å². The Balaban J connectivity index is 1.45. The molecule has 0 fully saturated rings. The number of benzene rings is 4. The minimum atomic E-state index is -0.347. The first-order chi connectivity index (χ1) is 19.6. The van der Waals surface area contributed by atoms with E-state index in [2.05, 4.69) is 65.4 Å². The van der Waals surface area contributed by atoms with Crippen molar-refractivity contribution >= 4 is 29.1 Å². The molecule has 0 aliphatic heterocycles. The molecule has 202 valence electrons. The average molecular weight is 531 g/mol. The van der Waals surface area contributed by atoms with Crippen LogP contribution in [0, 0.1) is 0 Å². The first-order valence-electron chi connectivity index (χ1n) is 13.6. The third kappa shape index (κ3) is 5.94. The molecule has 4 aromatic carbocycles. The van der Waals surface area contributed by atoms with Gasteiger partial charge in [-0.05, 0) is 66.4 Å². The number of carbonyl (C=O) groups is 1. The van der Waals surface area contributed by atoms with E-state index >= 15 is 0 Å². The second-order valence-electron chi connectivity index (χ2n) is 9.57. The van der Waals surface area contributed by atoms with Gasteiger partial charge in [0.25, 0.3) is 0 Å². The van der Waals surface area contributed by atoms with E-state index < -0.39 is 0 Å². The molecule has 0 unspecified atom stereocenters. The van der Waals surface area contributed by atoms with E-state index in [0.717, 1.165) is 39.9 Å². The fourth-order valence-electron chi connectivity index (χ4n) is 4.86. The Morgan fingerprint density at radius 1 is 0.800 bits per heavy atom. The van der Waals surface area contributed by atoms with E-state index in [1.54, 1.807) is 12.0 Å². The number of rotatable bonds is 9. The molecule has 5 nitrogen and oxygen atoms in total. The summed E-state index contributed by atoms with van der Waals surface area (Å²) in [4.78, 5) is 14.5. The average Bonchev–Trinajstić information content (AvgIpc) is 3.40. The van der Waals surface area contributed by atoms with Gasteiger partial charge >= 0.3 is 6.09 Å². The van der Waals surface area contributed by atoms with Gasteiger partial charge in [0.2, 0.25) is 0 Å². The van der Waals surface area contributed by atoms with Crippen LogP contribution in [-0.2, 0) is 6.54 Å². The molecule has 0 atom stereocenters. The zero-order valence-corrected chi connectivity index (χ0v) is 23.2. The van der Waals surface area contributed by atoms with E-state index in [9.17, 15) is 4.79 Å². The van der Waals surface area contributed by atoms with Crippen LogP contribution in [-0.4, -0.2) is 35.8 Å². The van der Waals surface area contributed by atoms with E-state index in [-0.39, 0.29) is 6.09 Å². The molecule has 0 aliphatic carbocycles. The molecular formula is C35H34N2O3. The Bertz CT molecular complexity index is 1600. The molecule has 1 heterocycles. The number of methoxy groups -OCH3 is 1. The molecule has 0 N–H and O–H groups in total. The molecule has 5 heteroatoms. The minimum Gasteiger partial charge on any atom is -0.497 e. The summed E-state index contributed by atoms with van der Waals surface area (Å²) in [6.45, 7) is 5.81. The topological polar surface area (TPSA) is 43.7 Å². The third-order valence-electron chi connectivity index (χ3n) is 7.11. The van der Waals surface area contributed by atoms with Crippen LogP contribution in [0.25, 0.3) is 34.2 Å². The largest absolute Gasteiger partial charge is 0.497 e. The van der Waals surface area contributed by atoms with Gasteiger partial charge in [0.1, 0.15) is 11.5 Å². The molecule has 0 saturated heterocycles. The summed E-state index contributed by atoms with van der Waals surface area (Å²) in [5.74, 6) is 1.32. The molecule has 40 heavy (non-hydrogen) atoms. The highest BCUT2D eigenvalue weighted by molar-refractivity contribution is 5.99. The van der Waals surface area contributed by atoms with Gasteiger partial charge in [-0.25, -0.2) is 4.79 Å². The summed E-state index contributed by atoms with van der Waals surface area (Å²) in [7, 11) is 1.65. The third-order valence-corrected chi connectivity index (χ3v) is 7.11. The summed E-state index contributed by atoms with van der Waals surface area (Å²) in [5, 5.41) is 1.03. The predicted octanol–water partition coefficient (Wildman–Crippen LogP) is 8.38. The van der Waals surface area contributed by atoms with Crippen molar-refractivity contribution in [3.63, 3.8) is 0 Å². The van der Waals surface area contributed by atoms with Gasteiger partial charge in [-0.15, -0.1) is 0 Å². The van der Waals surface area contributed by atoms with Gasteiger partial charge in [0.05, 0.1) is 7.11 Å². The normalized spacial score (nSPS) is 11.2. The summed E-state index contributed by atoms with van der Waals surface area (Å²) >= 11 is 0. The number of carbonyl (C=O) groups excluding carboxylic acids is 1. The maximum absolute atomic E-state index is 12.9. The molecule has 5 aromatic rings. The minimum absolute atomic E-state index is 0.347. The van der Waals surface area contributed by atoms with Crippen LogP contribution in [0.2, 0.25) is 0 Å². The van der Waals surface area contributed by atoms with Crippen molar-refractivity contribution in [2.24, 2.45) is 0 Å². The highest BCUT2D eigenvalue weighted by Crippen LogP contribution is 2.39. The fourth-order valence-corrected chi connectivity index (χ4v) is 4.86. The lowest BCUT2D eigenvalue weighted by atomic mass is 10.0. The van der Waals surface area contributed by atoms with Crippen molar-refractivity contribution in [3.8, 4) is 22.6 Å². The van der Waals surface area contributed by atoms with Crippen molar-refractivity contribution < 1.29 is 14.3 Å². The van der Waals surface area contributed by atoms with Crippen LogP contribution in [0.4, 0.5) is 4.79 Å². The van der Waals surface area contributed by atoms with E-state index in [0.29, 0.717) is 18.8 Å². The van der Waals surface area contributed by atoms with E-state index in [1.165, 1.54) is 11.1 Å². The van der Waals surface area contributed by atoms with E-state index in [1.807, 2.05) is 68.4 Å². The van der Waals surface area contributed by atoms with Gasteiger partial charge in [0, 0.05) is 42.3 Å². The van der Waals surface area contributed by atoms with Gasteiger partial charge < -0.3 is 18.9 Å². The van der Waals surface area contributed by atoms with Gasteiger partial charge in [-0.1, -0.05) is 78.9 Å².